The van der Waals surface area contributed by atoms with Crippen molar-refractivity contribution in [3.05, 3.63) is 48.4 Å². The van der Waals surface area contributed by atoms with Crippen molar-refractivity contribution in [1.29, 1.82) is 0 Å². The molecule has 110 valence electrons. The van der Waals surface area contributed by atoms with Gasteiger partial charge in [-0.15, -0.1) is 0 Å². The van der Waals surface area contributed by atoms with Crippen LogP contribution in [0.5, 0.6) is 0 Å². The van der Waals surface area contributed by atoms with Gasteiger partial charge in [0.15, 0.2) is 0 Å². The van der Waals surface area contributed by atoms with Crippen LogP contribution in [-0.2, 0) is 0 Å². The first-order valence-corrected chi connectivity index (χ1v) is 7.84. The van der Waals surface area contributed by atoms with Gasteiger partial charge in [-0.25, -0.2) is 0 Å². The molecule has 0 N–H and O–H groups in total. The molecule has 1 aliphatic heterocycles. The van der Waals surface area contributed by atoms with Gasteiger partial charge in [0.05, 0.1) is 5.69 Å². The Hall–Kier alpha value is -1.74. The molecule has 3 nitrogen and oxygen atoms in total. The van der Waals surface area contributed by atoms with E-state index in [0.29, 0.717) is 12.0 Å². The van der Waals surface area contributed by atoms with Crippen LogP contribution in [0.3, 0.4) is 0 Å². The van der Waals surface area contributed by atoms with Gasteiger partial charge in [-0.3, -0.25) is 9.97 Å². The molecule has 1 saturated heterocycles. The Balaban J connectivity index is 1.75. The van der Waals surface area contributed by atoms with Gasteiger partial charge >= 0.3 is 0 Å². The van der Waals surface area contributed by atoms with E-state index in [1.165, 1.54) is 31.5 Å². The van der Waals surface area contributed by atoms with Gasteiger partial charge < -0.3 is 4.90 Å². The second-order valence-corrected chi connectivity index (χ2v) is 6.12. The van der Waals surface area contributed by atoms with Crippen molar-refractivity contribution in [2.24, 2.45) is 0 Å². The summed E-state index contributed by atoms with van der Waals surface area (Å²) in [6.07, 6.45) is 8.11. The molecule has 0 radical (unpaired) electrons. The van der Waals surface area contributed by atoms with E-state index >= 15 is 0 Å². The van der Waals surface area contributed by atoms with E-state index in [1.807, 2.05) is 18.5 Å². The molecular formula is C18H23N3. The lowest BCUT2D eigenvalue weighted by atomic mass is 9.89. The summed E-state index contributed by atoms with van der Waals surface area (Å²) in [7, 11) is 0. The van der Waals surface area contributed by atoms with E-state index in [0.717, 1.165) is 11.3 Å². The normalized spacial score (nSPS) is 17.3. The molecule has 2 aromatic rings. The first-order chi connectivity index (χ1) is 10.2. The Morgan fingerprint density at radius 3 is 2.62 bits per heavy atom. The Labute approximate surface area is 127 Å². The van der Waals surface area contributed by atoms with Gasteiger partial charge in [-0.2, -0.15) is 0 Å². The third kappa shape index (κ3) is 3.30. The lowest BCUT2D eigenvalue weighted by molar-refractivity contribution is 0.172. The maximum absolute atomic E-state index is 4.50. The summed E-state index contributed by atoms with van der Waals surface area (Å²) in [6.45, 7) is 6.97. The van der Waals surface area contributed by atoms with Gasteiger partial charge in [0.1, 0.15) is 0 Å². The molecule has 1 fully saturated rings. The summed E-state index contributed by atoms with van der Waals surface area (Å²) < 4.78 is 0. The fourth-order valence-corrected chi connectivity index (χ4v) is 3.12. The molecule has 3 rings (SSSR count). The first kappa shape index (κ1) is 14.2. The largest absolute Gasteiger partial charge is 0.301 e. The summed E-state index contributed by atoms with van der Waals surface area (Å²) >= 11 is 0. The van der Waals surface area contributed by atoms with Crippen molar-refractivity contribution in [3.8, 4) is 11.3 Å². The van der Waals surface area contributed by atoms with Crippen molar-refractivity contribution in [1.82, 2.24) is 14.9 Å². The Morgan fingerprint density at radius 1 is 1.14 bits per heavy atom. The van der Waals surface area contributed by atoms with E-state index in [1.54, 1.807) is 6.20 Å². The molecule has 0 bridgehead atoms. The van der Waals surface area contributed by atoms with E-state index in [4.69, 9.17) is 0 Å². The first-order valence-electron chi connectivity index (χ1n) is 7.84. The lowest BCUT2D eigenvalue weighted by Crippen LogP contribution is -2.37. The molecule has 3 heteroatoms. The minimum Gasteiger partial charge on any atom is -0.301 e. The van der Waals surface area contributed by atoms with Crippen LogP contribution in [0, 0.1) is 0 Å². The smallest absolute Gasteiger partial charge is 0.0720 e. The third-order valence-electron chi connectivity index (χ3n) is 4.47. The predicted molar refractivity (Wildman–Crippen MR) is 86.2 cm³/mol. The van der Waals surface area contributed by atoms with Crippen molar-refractivity contribution >= 4 is 0 Å². The van der Waals surface area contributed by atoms with Gasteiger partial charge in [0.25, 0.3) is 0 Å². The number of nitrogens with zero attached hydrogens (tertiary/aromatic N) is 3. The lowest BCUT2D eigenvalue weighted by Gasteiger charge is -2.34. The quantitative estimate of drug-likeness (QED) is 0.858. The van der Waals surface area contributed by atoms with Crippen molar-refractivity contribution in [2.45, 2.75) is 38.6 Å². The maximum Gasteiger partial charge on any atom is 0.0720 e. The van der Waals surface area contributed by atoms with Gasteiger partial charge in [0.2, 0.25) is 0 Å². The number of pyridine rings is 2. The maximum atomic E-state index is 4.50. The van der Waals surface area contributed by atoms with E-state index in [-0.39, 0.29) is 0 Å². The number of aromatic nitrogens is 2. The van der Waals surface area contributed by atoms with E-state index < -0.39 is 0 Å². The van der Waals surface area contributed by atoms with Gasteiger partial charge in [0, 0.05) is 30.2 Å². The Kier molecular flexibility index (Phi) is 4.30. The summed E-state index contributed by atoms with van der Waals surface area (Å²) in [6, 6.07) is 9.11. The molecule has 0 spiro atoms. The highest BCUT2D eigenvalue weighted by Gasteiger charge is 2.22. The van der Waals surface area contributed by atoms with Crippen LogP contribution in [0.15, 0.2) is 42.9 Å². The van der Waals surface area contributed by atoms with E-state index in [9.17, 15) is 0 Å². The summed E-state index contributed by atoms with van der Waals surface area (Å²) in [4.78, 5) is 11.3. The van der Waals surface area contributed by atoms with Crippen LogP contribution in [0.4, 0.5) is 0 Å². The van der Waals surface area contributed by atoms with E-state index in [2.05, 4.69) is 46.9 Å². The molecule has 0 aromatic carbocycles. The molecule has 21 heavy (non-hydrogen) atoms. The SMILES string of the molecule is CC(C)N1CCC(c2ccnc(-c3cccnc3)c2)CC1. The third-order valence-corrected chi connectivity index (χ3v) is 4.47. The average molecular weight is 281 g/mol. The fourth-order valence-electron chi connectivity index (χ4n) is 3.12. The average Bonchev–Trinajstić information content (AvgIpc) is 2.56. The molecular weight excluding hydrogens is 258 g/mol. The molecule has 2 aromatic heterocycles. The van der Waals surface area contributed by atoms with Crippen LogP contribution in [0.25, 0.3) is 11.3 Å². The molecule has 3 heterocycles. The highest BCUT2D eigenvalue weighted by Crippen LogP contribution is 2.30. The number of rotatable bonds is 3. The Bertz CT molecular complexity index is 572. The monoisotopic (exact) mass is 281 g/mol. The second kappa shape index (κ2) is 6.35. The highest BCUT2D eigenvalue weighted by atomic mass is 15.1. The zero-order valence-electron chi connectivity index (χ0n) is 12.9. The highest BCUT2D eigenvalue weighted by molar-refractivity contribution is 5.58. The zero-order valence-corrected chi connectivity index (χ0v) is 12.9. The minimum atomic E-state index is 0.661. The van der Waals surface area contributed by atoms with Gasteiger partial charge in [-0.05, 0) is 75.5 Å². The van der Waals surface area contributed by atoms with Crippen molar-refractivity contribution in [3.63, 3.8) is 0 Å². The van der Waals surface area contributed by atoms with Crippen molar-refractivity contribution < 1.29 is 0 Å². The van der Waals surface area contributed by atoms with Crippen LogP contribution < -0.4 is 0 Å². The molecule has 0 atom stereocenters. The fraction of sp³-hybridized carbons (Fsp3) is 0.444. The number of likely N-dealkylation sites (tertiary alicyclic amines) is 1. The molecule has 0 saturated carbocycles. The molecule has 0 amide bonds. The zero-order chi connectivity index (χ0) is 14.7. The molecule has 0 unspecified atom stereocenters. The summed E-state index contributed by atoms with van der Waals surface area (Å²) in [5, 5.41) is 0. The molecule has 1 aliphatic rings. The Morgan fingerprint density at radius 2 is 1.95 bits per heavy atom. The number of hydrogen-bond donors (Lipinski definition) is 0. The van der Waals surface area contributed by atoms with Crippen molar-refractivity contribution in [2.75, 3.05) is 13.1 Å². The predicted octanol–water partition coefficient (Wildman–Crippen LogP) is 3.73. The minimum absolute atomic E-state index is 0.661. The summed E-state index contributed by atoms with van der Waals surface area (Å²) in [5.74, 6) is 0.665. The standard InChI is InChI=1S/C18H23N3/c1-14(2)21-10-6-15(7-11-21)16-5-9-20-18(12-16)17-4-3-8-19-13-17/h3-5,8-9,12-15H,6-7,10-11H2,1-2H3. The van der Waals surface area contributed by atoms with Crippen LogP contribution in [0.1, 0.15) is 38.2 Å². The molecule has 0 aliphatic carbocycles. The summed E-state index contributed by atoms with van der Waals surface area (Å²) in [5.41, 5.74) is 3.55. The van der Waals surface area contributed by atoms with Crippen LogP contribution in [-0.4, -0.2) is 34.0 Å². The van der Waals surface area contributed by atoms with Gasteiger partial charge in [-0.1, -0.05) is 0 Å². The topological polar surface area (TPSA) is 29.0 Å². The second-order valence-electron chi connectivity index (χ2n) is 6.12. The van der Waals surface area contributed by atoms with Crippen LogP contribution >= 0.6 is 0 Å². The van der Waals surface area contributed by atoms with Crippen LogP contribution in [0.2, 0.25) is 0 Å². The number of hydrogen-bond acceptors (Lipinski definition) is 3. The number of piperidine rings is 1.